The minimum atomic E-state index is -3.32. The number of nitrogen functional groups attached to an aromatic ring is 1. The lowest BCUT2D eigenvalue weighted by Gasteiger charge is -2.19. The molecule has 0 radical (unpaired) electrons. The van der Waals surface area contributed by atoms with Gasteiger partial charge in [0.25, 0.3) is 0 Å². The largest absolute Gasteiger partial charge is 0.490 e. The fourth-order valence-corrected chi connectivity index (χ4v) is 3.30. The van der Waals surface area contributed by atoms with Crippen molar-refractivity contribution in [3.05, 3.63) is 24.3 Å². The Kier molecular flexibility index (Phi) is 5.44. The van der Waals surface area contributed by atoms with Crippen LogP contribution in [0.1, 0.15) is 12.8 Å². The number of para-hydroxylation sites is 2. The van der Waals surface area contributed by atoms with E-state index in [1.165, 1.54) is 0 Å². The number of anilines is 1. The third-order valence-corrected chi connectivity index (χ3v) is 5.05. The van der Waals surface area contributed by atoms with Crippen LogP contribution in [0.4, 0.5) is 5.69 Å². The summed E-state index contributed by atoms with van der Waals surface area (Å²) in [4.78, 5) is 2.18. The number of benzene rings is 1. The van der Waals surface area contributed by atoms with Crippen molar-refractivity contribution in [2.24, 2.45) is 0 Å². The molecule has 0 aromatic heterocycles. The van der Waals surface area contributed by atoms with Crippen LogP contribution in [0.5, 0.6) is 5.75 Å². The van der Waals surface area contributed by atoms with E-state index in [1.54, 1.807) is 24.3 Å². The molecule has 1 fully saturated rings. The first-order valence-electron chi connectivity index (χ1n) is 7.13. The summed E-state index contributed by atoms with van der Waals surface area (Å²) in [5.74, 6) is 0.445. The van der Waals surface area contributed by atoms with Gasteiger partial charge in [-0.15, -0.1) is 0 Å². The van der Waals surface area contributed by atoms with Gasteiger partial charge in [0.1, 0.15) is 12.4 Å². The Morgan fingerprint density at radius 1 is 1.43 bits per heavy atom. The molecule has 2 rings (SSSR count). The summed E-state index contributed by atoms with van der Waals surface area (Å²) in [7, 11) is -1.30. The molecule has 0 bridgehead atoms. The van der Waals surface area contributed by atoms with Crippen LogP contribution in [0.15, 0.2) is 24.3 Å². The molecule has 1 aliphatic heterocycles. The van der Waals surface area contributed by atoms with Gasteiger partial charge in [-0.1, -0.05) is 12.1 Å². The van der Waals surface area contributed by atoms with Crippen LogP contribution in [0.25, 0.3) is 0 Å². The number of likely N-dealkylation sites (N-methyl/N-ethyl adjacent to an activating group) is 1. The lowest BCUT2D eigenvalue weighted by Crippen LogP contribution is -2.39. The van der Waals surface area contributed by atoms with E-state index >= 15 is 0 Å². The standard InChI is InChI=1S/C14H23N3O3S/c1-17-8-4-5-12(17)11-16-21(18,19)10-9-20-14-7-3-2-6-13(14)15/h2-3,6-7,12,16H,4-5,8-11,15H2,1H3. The van der Waals surface area contributed by atoms with Crippen LogP contribution in [0, 0.1) is 0 Å². The lowest BCUT2D eigenvalue weighted by atomic mass is 10.2. The highest BCUT2D eigenvalue weighted by atomic mass is 32.2. The van der Waals surface area contributed by atoms with E-state index < -0.39 is 10.0 Å². The zero-order chi connectivity index (χ0) is 15.3. The molecular formula is C14H23N3O3S. The second-order valence-corrected chi connectivity index (χ2v) is 7.26. The molecule has 0 aliphatic carbocycles. The monoisotopic (exact) mass is 313 g/mol. The molecule has 21 heavy (non-hydrogen) atoms. The highest BCUT2D eigenvalue weighted by Gasteiger charge is 2.22. The van der Waals surface area contributed by atoms with Gasteiger partial charge in [-0.25, -0.2) is 13.1 Å². The molecule has 0 amide bonds. The molecular weight excluding hydrogens is 290 g/mol. The van der Waals surface area contributed by atoms with E-state index in [2.05, 4.69) is 9.62 Å². The summed E-state index contributed by atoms with van der Waals surface area (Å²) in [5.41, 5.74) is 6.24. The van der Waals surface area contributed by atoms with Crippen LogP contribution in [-0.4, -0.2) is 51.9 Å². The van der Waals surface area contributed by atoms with Crippen molar-refractivity contribution in [2.45, 2.75) is 18.9 Å². The normalized spacial score (nSPS) is 19.8. The van der Waals surface area contributed by atoms with Gasteiger partial charge in [-0.2, -0.15) is 0 Å². The summed E-state index contributed by atoms with van der Waals surface area (Å²) in [5, 5.41) is 0. The van der Waals surface area contributed by atoms with Crippen molar-refractivity contribution < 1.29 is 13.2 Å². The average Bonchev–Trinajstić information content (AvgIpc) is 2.84. The number of hydrogen-bond acceptors (Lipinski definition) is 5. The molecule has 7 heteroatoms. The van der Waals surface area contributed by atoms with Crippen molar-refractivity contribution in [2.75, 3.05) is 38.2 Å². The van der Waals surface area contributed by atoms with E-state index in [0.717, 1.165) is 19.4 Å². The minimum absolute atomic E-state index is 0.0717. The lowest BCUT2D eigenvalue weighted by molar-refractivity contribution is 0.310. The molecule has 0 spiro atoms. The second-order valence-electron chi connectivity index (χ2n) is 5.33. The fourth-order valence-electron chi connectivity index (χ4n) is 2.41. The Balaban J connectivity index is 1.75. The zero-order valence-corrected chi connectivity index (χ0v) is 13.1. The van der Waals surface area contributed by atoms with Crippen LogP contribution in [0.2, 0.25) is 0 Å². The quantitative estimate of drug-likeness (QED) is 0.723. The van der Waals surface area contributed by atoms with E-state index in [-0.39, 0.29) is 12.4 Å². The maximum atomic E-state index is 11.9. The van der Waals surface area contributed by atoms with Crippen molar-refractivity contribution in [1.29, 1.82) is 0 Å². The van der Waals surface area contributed by atoms with Crippen molar-refractivity contribution >= 4 is 15.7 Å². The first kappa shape index (κ1) is 16.1. The van der Waals surface area contributed by atoms with Crippen molar-refractivity contribution in [1.82, 2.24) is 9.62 Å². The summed E-state index contributed by atoms with van der Waals surface area (Å²) in [6, 6.07) is 7.35. The molecule has 6 nitrogen and oxygen atoms in total. The highest BCUT2D eigenvalue weighted by molar-refractivity contribution is 7.89. The topological polar surface area (TPSA) is 84.7 Å². The Labute approximate surface area is 126 Å². The van der Waals surface area contributed by atoms with Gasteiger partial charge in [0.15, 0.2) is 0 Å². The molecule has 1 saturated heterocycles. The molecule has 1 unspecified atom stereocenters. The second kappa shape index (κ2) is 7.11. The maximum Gasteiger partial charge on any atom is 0.215 e. The number of rotatable bonds is 7. The maximum absolute atomic E-state index is 11.9. The smallest absolute Gasteiger partial charge is 0.215 e. The molecule has 1 aromatic rings. The molecule has 1 atom stereocenters. The van der Waals surface area contributed by atoms with Crippen LogP contribution < -0.4 is 15.2 Å². The van der Waals surface area contributed by atoms with Gasteiger partial charge < -0.3 is 15.4 Å². The number of hydrogen-bond donors (Lipinski definition) is 2. The van der Waals surface area contributed by atoms with Crippen LogP contribution >= 0.6 is 0 Å². The van der Waals surface area contributed by atoms with Gasteiger partial charge in [0.2, 0.25) is 10.0 Å². The number of nitrogens with one attached hydrogen (secondary N) is 1. The van der Waals surface area contributed by atoms with Crippen molar-refractivity contribution in [3.8, 4) is 5.75 Å². The number of ether oxygens (including phenoxy) is 1. The van der Waals surface area contributed by atoms with E-state index in [1.807, 2.05) is 7.05 Å². The summed E-state index contributed by atoms with van der Waals surface area (Å²) < 4.78 is 31.9. The van der Waals surface area contributed by atoms with Gasteiger partial charge in [-0.3, -0.25) is 0 Å². The number of sulfonamides is 1. The zero-order valence-electron chi connectivity index (χ0n) is 12.3. The van der Waals surface area contributed by atoms with E-state index in [4.69, 9.17) is 10.5 Å². The van der Waals surface area contributed by atoms with E-state index in [9.17, 15) is 8.42 Å². The third kappa shape index (κ3) is 4.87. The molecule has 1 aromatic carbocycles. The average molecular weight is 313 g/mol. The summed E-state index contributed by atoms with van der Waals surface area (Å²) in [6.45, 7) is 1.58. The molecule has 3 N–H and O–H groups in total. The van der Waals surface area contributed by atoms with Gasteiger partial charge in [-0.05, 0) is 38.6 Å². The predicted octanol–water partition coefficient (Wildman–Crippen LogP) is 0.661. The molecule has 0 saturated carbocycles. The van der Waals surface area contributed by atoms with Crippen molar-refractivity contribution in [3.63, 3.8) is 0 Å². The Morgan fingerprint density at radius 3 is 2.86 bits per heavy atom. The van der Waals surface area contributed by atoms with E-state index in [0.29, 0.717) is 24.0 Å². The summed E-state index contributed by atoms with van der Waals surface area (Å²) >= 11 is 0. The molecule has 1 aliphatic rings. The third-order valence-electron chi connectivity index (χ3n) is 3.74. The predicted molar refractivity (Wildman–Crippen MR) is 83.8 cm³/mol. The fraction of sp³-hybridized carbons (Fsp3) is 0.571. The Hall–Kier alpha value is -1.31. The number of nitrogens with zero attached hydrogens (tertiary/aromatic N) is 1. The Morgan fingerprint density at radius 2 is 2.19 bits per heavy atom. The molecule has 1 heterocycles. The van der Waals surface area contributed by atoms with Crippen LogP contribution in [-0.2, 0) is 10.0 Å². The highest BCUT2D eigenvalue weighted by Crippen LogP contribution is 2.19. The minimum Gasteiger partial charge on any atom is -0.490 e. The van der Waals surface area contributed by atoms with Crippen LogP contribution in [0.3, 0.4) is 0 Å². The van der Waals surface area contributed by atoms with Gasteiger partial charge in [0.05, 0.1) is 11.4 Å². The number of likely N-dealkylation sites (tertiary alicyclic amines) is 1. The van der Waals surface area contributed by atoms with Gasteiger partial charge in [0, 0.05) is 12.6 Å². The first-order valence-corrected chi connectivity index (χ1v) is 8.78. The number of nitrogens with two attached hydrogens (primary N) is 1. The summed E-state index contributed by atoms with van der Waals surface area (Å²) in [6.07, 6.45) is 2.16. The van der Waals surface area contributed by atoms with Gasteiger partial charge >= 0.3 is 0 Å². The molecule has 118 valence electrons. The first-order chi connectivity index (χ1) is 9.98. The SMILES string of the molecule is CN1CCCC1CNS(=O)(=O)CCOc1ccccc1N. The Bertz CT molecular complexity index is 562.